The van der Waals surface area contributed by atoms with Crippen LogP contribution in [0.4, 0.5) is 0 Å². The second-order valence-electron chi connectivity index (χ2n) is 3.52. The molecule has 1 saturated carbocycles. The molecule has 1 rings (SSSR count). The highest BCUT2D eigenvalue weighted by Gasteiger charge is 2.69. The van der Waals surface area contributed by atoms with Gasteiger partial charge in [0.25, 0.3) is 0 Å². The largest absolute Gasteiger partial charge is 0.396 e. The third-order valence-corrected chi connectivity index (χ3v) is 2.66. The molecule has 2 unspecified atom stereocenters. The Hall–Kier alpha value is -0.120. The van der Waals surface area contributed by atoms with Crippen LogP contribution in [0.5, 0.6) is 0 Å². The molecule has 2 atom stereocenters. The van der Waals surface area contributed by atoms with E-state index < -0.39 is 17.1 Å². The van der Waals surface area contributed by atoms with Gasteiger partial charge in [0.15, 0.2) is 0 Å². The van der Waals surface area contributed by atoms with E-state index in [1.54, 1.807) is 13.8 Å². The van der Waals surface area contributed by atoms with E-state index >= 15 is 0 Å². The zero-order chi connectivity index (χ0) is 7.99. The predicted octanol–water partition coefficient (Wildman–Crippen LogP) is -0.499. The van der Waals surface area contributed by atoms with Gasteiger partial charge in [0.2, 0.25) is 0 Å². The number of hydrogen-bond donors (Lipinski definition) is 3. The lowest BCUT2D eigenvalue weighted by atomic mass is 10.1. The van der Waals surface area contributed by atoms with Crippen LogP contribution in [0, 0.1) is 5.41 Å². The second-order valence-corrected chi connectivity index (χ2v) is 3.52. The van der Waals surface area contributed by atoms with Gasteiger partial charge in [0, 0.05) is 18.4 Å². The summed E-state index contributed by atoms with van der Waals surface area (Å²) in [6.07, 6.45) is -0.409. The summed E-state index contributed by atoms with van der Waals surface area (Å²) in [5.41, 5.74) is -1.47. The fourth-order valence-electron chi connectivity index (χ4n) is 1.43. The van der Waals surface area contributed by atoms with E-state index in [0.717, 1.165) is 0 Å². The minimum atomic E-state index is -1.04. The molecule has 1 aliphatic rings. The van der Waals surface area contributed by atoms with Crippen molar-refractivity contribution in [1.29, 1.82) is 0 Å². The monoisotopic (exact) mass is 146 g/mol. The Morgan fingerprint density at radius 2 is 1.80 bits per heavy atom. The van der Waals surface area contributed by atoms with E-state index in [-0.39, 0.29) is 13.0 Å². The third kappa shape index (κ3) is 0.713. The highest BCUT2D eigenvalue weighted by Crippen LogP contribution is 2.57. The molecule has 60 valence electrons. The van der Waals surface area contributed by atoms with E-state index in [1.807, 2.05) is 0 Å². The van der Waals surface area contributed by atoms with E-state index in [9.17, 15) is 10.2 Å². The average Bonchev–Trinajstić information content (AvgIpc) is 2.17. The second kappa shape index (κ2) is 1.94. The smallest absolute Gasteiger partial charge is 0.101 e. The van der Waals surface area contributed by atoms with Crippen molar-refractivity contribution < 1.29 is 15.3 Å². The molecule has 3 heteroatoms. The van der Waals surface area contributed by atoms with Gasteiger partial charge < -0.3 is 15.3 Å². The summed E-state index contributed by atoms with van der Waals surface area (Å²) >= 11 is 0. The highest BCUT2D eigenvalue weighted by molar-refractivity contribution is 5.20. The molecule has 0 bridgehead atoms. The number of rotatable bonds is 2. The van der Waals surface area contributed by atoms with E-state index in [1.165, 1.54) is 0 Å². The van der Waals surface area contributed by atoms with Gasteiger partial charge in [-0.15, -0.1) is 0 Å². The Kier molecular flexibility index (Phi) is 1.54. The summed E-state index contributed by atoms with van der Waals surface area (Å²) in [5, 5.41) is 27.2. The molecule has 3 nitrogen and oxygen atoms in total. The molecule has 0 aromatic carbocycles. The lowest BCUT2D eigenvalue weighted by molar-refractivity contribution is 0.0514. The predicted molar refractivity (Wildman–Crippen MR) is 36.4 cm³/mol. The van der Waals surface area contributed by atoms with Crippen molar-refractivity contribution >= 4 is 0 Å². The molecule has 1 fully saturated rings. The molecule has 0 aromatic heterocycles. The fourth-order valence-corrected chi connectivity index (χ4v) is 1.43. The maximum atomic E-state index is 9.52. The number of aliphatic hydroxyl groups excluding tert-OH is 2. The summed E-state index contributed by atoms with van der Waals surface area (Å²) in [6, 6.07) is 0. The zero-order valence-corrected chi connectivity index (χ0v) is 6.33. The van der Waals surface area contributed by atoms with Gasteiger partial charge >= 0.3 is 0 Å². The molecular weight excluding hydrogens is 132 g/mol. The molecule has 10 heavy (non-hydrogen) atoms. The number of aliphatic hydroxyl groups is 3. The average molecular weight is 146 g/mol. The summed E-state index contributed by atoms with van der Waals surface area (Å²) in [7, 11) is 0. The van der Waals surface area contributed by atoms with Crippen molar-refractivity contribution in [2.24, 2.45) is 5.41 Å². The Bertz CT molecular complexity index is 144. The van der Waals surface area contributed by atoms with Crippen LogP contribution in [-0.4, -0.2) is 33.6 Å². The third-order valence-electron chi connectivity index (χ3n) is 2.66. The van der Waals surface area contributed by atoms with Crippen LogP contribution in [0.2, 0.25) is 0 Å². The highest BCUT2D eigenvalue weighted by atomic mass is 16.4. The Labute approximate surface area is 60.3 Å². The van der Waals surface area contributed by atoms with Crippen LogP contribution < -0.4 is 0 Å². The standard InChI is InChI=1S/C7H14O3/c1-6(2)5(9)7(6,10)3-4-8/h5,8-10H,3-4H2,1-2H3. The molecular formula is C7H14O3. The molecule has 0 aromatic rings. The van der Waals surface area contributed by atoms with Gasteiger partial charge in [-0.2, -0.15) is 0 Å². The molecule has 0 spiro atoms. The van der Waals surface area contributed by atoms with Crippen LogP contribution in [0.25, 0.3) is 0 Å². The molecule has 0 heterocycles. The van der Waals surface area contributed by atoms with Crippen molar-refractivity contribution in [1.82, 2.24) is 0 Å². The minimum absolute atomic E-state index is 0.0724. The zero-order valence-electron chi connectivity index (χ0n) is 6.33. The van der Waals surface area contributed by atoms with E-state index in [0.29, 0.717) is 0 Å². The van der Waals surface area contributed by atoms with Crippen molar-refractivity contribution in [3.05, 3.63) is 0 Å². The van der Waals surface area contributed by atoms with E-state index in [4.69, 9.17) is 5.11 Å². The van der Waals surface area contributed by atoms with Gasteiger partial charge in [-0.25, -0.2) is 0 Å². The quantitative estimate of drug-likeness (QED) is 0.492. The molecule has 1 aliphatic carbocycles. The molecule has 0 amide bonds. The molecule has 0 aliphatic heterocycles. The van der Waals surface area contributed by atoms with Crippen LogP contribution in [-0.2, 0) is 0 Å². The Morgan fingerprint density at radius 1 is 1.40 bits per heavy atom. The lowest BCUT2D eigenvalue weighted by Gasteiger charge is -2.09. The first-order chi connectivity index (χ1) is 4.47. The first-order valence-corrected chi connectivity index (χ1v) is 3.48. The van der Waals surface area contributed by atoms with Crippen molar-refractivity contribution in [3.8, 4) is 0 Å². The van der Waals surface area contributed by atoms with Gasteiger partial charge in [0.05, 0.1) is 6.10 Å². The maximum absolute atomic E-state index is 9.52. The van der Waals surface area contributed by atoms with Crippen LogP contribution in [0.15, 0.2) is 0 Å². The van der Waals surface area contributed by atoms with Gasteiger partial charge in [0.1, 0.15) is 5.60 Å². The Morgan fingerprint density at radius 3 is 1.90 bits per heavy atom. The molecule has 3 N–H and O–H groups in total. The molecule has 0 saturated heterocycles. The van der Waals surface area contributed by atoms with Crippen LogP contribution in [0.1, 0.15) is 20.3 Å². The Balaban J connectivity index is 2.59. The fraction of sp³-hybridized carbons (Fsp3) is 1.00. The lowest BCUT2D eigenvalue weighted by Crippen LogP contribution is -2.18. The van der Waals surface area contributed by atoms with Gasteiger partial charge in [-0.05, 0) is 0 Å². The summed E-state index contributed by atoms with van der Waals surface area (Å²) < 4.78 is 0. The minimum Gasteiger partial charge on any atom is -0.396 e. The first-order valence-electron chi connectivity index (χ1n) is 3.48. The topological polar surface area (TPSA) is 60.7 Å². The summed E-state index contributed by atoms with van der Waals surface area (Å²) in [6.45, 7) is 3.50. The SMILES string of the molecule is CC1(C)C(O)C1(O)CCO. The van der Waals surface area contributed by atoms with Crippen molar-refractivity contribution in [2.45, 2.75) is 32.0 Å². The van der Waals surface area contributed by atoms with Gasteiger partial charge in [-0.3, -0.25) is 0 Å². The number of hydrogen-bond acceptors (Lipinski definition) is 3. The summed E-state index contributed by atoms with van der Waals surface area (Å²) in [5.74, 6) is 0. The normalized spacial score (nSPS) is 43.5. The van der Waals surface area contributed by atoms with Crippen molar-refractivity contribution in [2.75, 3.05) is 6.61 Å². The van der Waals surface area contributed by atoms with Crippen LogP contribution in [0.3, 0.4) is 0 Å². The van der Waals surface area contributed by atoms with Crippen LogP contribution >= 0.6 is 0 Å². The first kappa shape index (κ1) is 7.98. The maximum Gasteiger partial charge on any atom is 0.101 e. The van der Waals surface area contributed by atoms with Crippen molar-refractivity contribution in [3.63, 3.8) is 0 Å². The van der Waals surface area contributed by atoms with Gasteiger partial charge in [-0.1, -0.05) is 13.8 Å². The van der Waals surface area contributed by atoms with E-state index in [2.05, 4.69) is 0 Å². The summed E-state index contributed by atoms with van der Waals surface area (Å²) in [4.78, 5) is 0. The molecule has 0 radical (unpaired) electrons.